The van der Waals surface area contributed by atoms with E-state index in [1.807, 2.05) is 0 Å². The largest absolute Gasteiger partial charge is 0.312 e. The van der Waals surface area contributed by atoms with E-state index in [-0.39, 0.29) is 12.6 Å². The zero-order valence-corrected chi connectivity index (χ0v) is 34.0. The molecule has 0 bridgehead atoms. The lowest BCUT2D eigenvalue weighted by atomic mass is 9.33. The summed E-state index contributed by atoms with van der Waals surface area (Å²) in [6.07, 6.45) is 0. The van der Waals surface area contributed by atoms with Gasteiger partial charge in [-0.1, -0.05) is 181 Å². The van der Waals surface area contributed by atoms with Gasteiger partial charge in [0.2, 0.25) is 0 Å². The number of rotatable bonds is 7. The standard InChI is InChI=1S/C53H45BN2Si/c1-37-25-29-43(30-26-37)55-47-32-27-38(2)35-46(47)54-45-31-28-41(51(39-17-9-5-10-18-39)40-19-11-6-12-20-40)36-49(45)56(42-21-13-7-14-22-42)53-50(34-33-48(55)52(53)54)57(3,4)44-23-15-8-16-24-44/h5-36,51H,1-4H3. The zero-order valence-electron chi connectivity index (χ0n) is 33.0. The molecule has 0 N–H and O–H groups in total. The normalized spacial score (nSPS) is 13.0. The van der Waals surface area contributed by atoms with E-state index in [1.165, 1.54) is 88.7 Å². The molecule has 2 aliphatic heterocycles. The van der Waals surface area contributed by atoms with Crippen molar-refractivity contribution in [1.82, 2.24) is 0 Å². The summed E-state index contributed by atoms with van der Waals surface area (Å²) < 4.78 is 0. The van der Waals surface area contributed by atoms with Crippen LogP contribution in [0.5, 0.6) is 0 Å². The Balaban J connectivity index is 1.32. The Hall–Kier alpha value is -6.36. The average Bonchev–Trinajstić information content (AvgIpc) is 3.25. The van der Waals surface area contributed by atoms with E-state index >= 15 is 0 Å². The van der Waals surface area contributed by atoms with Gasteiger partial charge < -0.3 is 9.80 Å². The van der Waals surface area contributed by atoms with Crippen LogP contribution in [0.25, 0.3) is 0 Å². The third kappa shape index (κ3) is 5.86. The highest BCUT2D eigenvalue weighted by Crippen LogP contribution is 2.45. The molecule has 8 aromatic carbocycles. The highest BCUT2D eigenvalue weighted by Gasteiger charge is 2.46. The molecule has 0 radical (unpaired) electrons. The smallest absolute Gasteiger partial charge is 0.252 e. The second kappa shape index (κ2) is 14.0. The molecule has 4 heteroatoms. The molecule has 0 aromatic heterocycles. The Kier molecular flexibility index (Phi) is 8.61. The Morgan fingerprint density at radius 2 is 1.00 bits per heavy atom. The summed E-state index contributed by atoms with van der Waals surface area (Å²) in [5, 5.41) is 2.88. The van der Waals surface area contributed by atoms with E-state index in [0.29, 0.717) is 0 Å². The molecule has 2 heterocycles. The van der Waals surface area contributed by atoms with Gasteiger partial charge >= 0.3 is 0 Å². The van der Waals surface area contributed by atoms with Crippen molar-refractivity contribution in [1.29, 1.82) is 0 Å². The summed E-state index contributed by atoms with van der Waals surface area (Å²) >= 11 is 0. The number of anilines is 6. The summed E-state index contributed by atoms with van der Waals surface area (Å²) in [4.78, 5) is 5.15. The Morgan fingerprint density at radius 3 is 1.65 bits per heavy atom. The van der Waals surface area contributed by atoms with Crippen LogP contribution < -0.4 is 36.6 Å². The summed E-state index contributed by atoms with van der Waals surface area (Å²) in [7, 11) is -2.28. The fourth-order valence-corrected chi connectivity index (χ4v) is 12.2. The number of hydrogen-bond acceptors (Lipinski definition) is 2. The Labute approximate surface area is 338 Å². The van der Waals surface area contributed by atoms with Crippen molar-refractivity contribution in [3.8, 4) is 0 Å². The molecule has 0 atom stereocenters. The van der Waals surface area contributed by atoms with E-state index in [0.717, 1.165) is 0 Å². The van der Waals surface area contributed by atoms with Crippen molar-refractivity contribution < 1.29 is 0 Å². The van der Waals surface area contributed by atoms with Crippen LogP contribution in [0.1, 0.15) is 33.7 Å². The number of hydrogen-bond donors (Lipinski definition) is 0. The van der Waals surface area contributed by atoms with Crippen LogP contribution in [-0.2, 0) is 0 Å². The van der Waals surface area contributed by atoms with E-state index in [4.69, 9.17) is 0 Å². The van der Waals surface area contributed by atoms with E-state index in [2.05, 4.69) is 231 Å². The molecule has 0 saturated heterocycles. The van der Waals surface area contributed by atoms with Gasteiger partial charge in [-0.05, 0) is 94.6 Å². The fourth-order valence-electron chi connectivity index (χ4n) is 9.53. The molecule has 0 unspecified atom stereocenters. The summed E-state index contributed by atoms with van der Waals surface area (Å²) in [5.41, 5.74) is 17.9. The third-order valence-electron chi connectivity index (χ3n) is 12.4. The maximum Gasteiger partial charge on any atom is 0.252 e. The number of nitrogens with zero attached hydrogens (tertiary/aromatic N) is 2. The molecule has 0 spiro atoms. The minimum absolute atomic E-state index is 0.0445. The van der Waals surface area contributed by atoms with Crippen molar-refractivity contribution in [2.45, 2.75) is 32.9 Å². The van der Waals surface area contributed by atoms with Crippen molar-refractivity contribution in [2.75, 3.05) is 9.80 Å². The van der Waals surface area contributed by atoms with Gasteiger partial charge in [-0.3, -0.25) is 0 Å². The van der Waals surface area contributed by atoms with Gasteiger partial charge in [-0.25, -0.2) is 0 Å². The summed E-state index contributed by atoms with van der Waals surface area (Å²) in [6.45, 7) is 9.52. The molecule has 0 aliphatic carbocycles. The van der Waals surface area contributed by atoms with Gasteiger partial charge in [0.25, 0.3) is 6.71 Å². The van der Waals surface area contributed by atoms with Crippen molar-refractivity contribution >= 4 is 75.7 Å². The fraction of sp³-hybridized carbons (Fsp3) is 0.0943. The van der Waals surface area contributed by atoms with E-state index in [1.54, 1.807) is 0 Å². The molecule has 8 aromatic rings. The van der Waals surface area contributed by atoms with Crippen LogP contribution in [0.15, 0.2) is 194 Å². The van der Waals surface area contributed by atoms with Crippen molar-refractivity contribution in [3.63, 3.8) is 0 Å². The van der Waals surface area contributed by atoms with Gasteiger partial charge in [-0.2, -0.15) is 0 Å². The minimum Gasteiger partial charge on any atom is -0.312 e. The molecule has 2 nitrogen and oxygen atoms in total. The summed E-state index contributed by atoms with van der Waals surface area (Å²) in [5.74, 6) is 0.0792. The molecule has 0 fully saturated rings. The number of fused-ring (bicyclic) bond motifs is 4. The number of aryl methyl sites for hydroxylation is 2. The first kappa shape index (κ1) is 35.1. The SMILES string of the molecule is Cc1ccc(N2c3ccc(C)cc3B3c4ccc(C(c5ccccc5)c5ccccc5)cc4N(c4ccccc4)c4c([Si](C)(C)c5ccccc5)ccc2c43)cc1. The van der Waals surface area contributed by atoms with Gasteiger partial charge in [0.1, 0.15) is 8.07 Å². The second-order valence-electron chi connectivity index (χ2n) is 16.3. The Morgan fingerprint density at radius 1 is 0.439 bits per heavy atom. The van der Waals surface area contributed by atoms with Crippen LogP contribution in [0.2, 0.25) is 13.1 Å². The van der Waals surface area contributed by atoms with Gasteiger partial charge in [-0.15, -0.1) is 0 Å². The average molecular weight is 749 g/mol. The minimum atomic E-state index is -2.28. The van der Waals surface area contributed by atoms with E-state index < -0.39 is 8.07 Å². The lowest BCUT2D eigenvalue weighted by molar-refractivity contribution is 0.977. The van der Waals surface area contributed by atoms with Crippen LogP contribution in [0, 0.1) is 13.8 Å². The Bertz CT molecular complexity index is 2690. The predicted molar refractivity (Wildman–Crippen MR) is 247 cm³/mol. The highest BCUT2D eigenvalue weighted by atomic mass is 28.3. The van der Waals surface area contributed by atoms with Gasteiger partial charge in [0, 0.05) is 40.0 Å². The quantitative estimate of drug-likeness (QED) is 0.118. The third-order valence-corrected chi connectivity index (χ3v) is 15.9. The molecule has 0 amide bonds. The van der Waals surface area contributed by atoms with E-state index in [9.17, 15) is 0 Å². The molecular weight excluding hydrogens is 703 g/mol. The molecule has 274 valence electrons. The van der Waals surface area contributed by atoms with Crippen LogP contribution in [0.3, 0.4) is 0 Å². The molecule has 2 aliphatic rings. The van der Waals surface area contributed by atoms with Gasteiger partial charge in [0.15, 0.2) is 0 Å². The molecular formula is C53H45BN2Si. The monoisotopic (exact) mass is 748 g/mol. The molecule has 57 heavy (non-hydrogen) atoms. The first-order valence-corrected chi connectivity index (χ1v) is 23.2. The lowest BCUT2D eigenvalue weighted by Gasteiger charge is -2.46. The van der Waals surface area contributed by atoms with Crippen LogP contribution >= 0.6 is 0 Å². The summed E-state index contributed by atoms with van der Waals surface area (Å²) in [6, 6.07) is 72.8. The van der Waals surface area contributed by atoms with Crippen LogP contribution in [0.4, 0.5) is 34.1 Å². The predicted octanol–water partition coefficient (Wildman–Crippen LogP) is 10.4. The lowest BCUT2D eigenvalue weighted by Crippen LogP contribution is -2.65. The molecule has 0 saturated carbocycles. The van der Waals surface area contributed by atoms with Crippen LogP contribution in [-0.4, -0.2) is 14.8 Å². The zero-order chi connectivity index (χ0) is 38.7. The maximum atomic E-state index is 2.63. The first-order valence-electron chi connectivity index (χ1n) is 20.2. The van der Waals surface area contributed by atoms with Crippen molar-refractivity contribution in [3.05, 3.63) is 222 Å². The van der Waals surface area contributed by atoms with Crippen molar-refractivity contribution in [2.24, 2.45) is 0 Å². The maximum absolute atomic E-state index is 2.63. The molecule has 10 rings (SSSR count). The number of para-hydroxylation sites is 1. The highest BCUT2D eigenvalue weighted by molar-refractivity contribution is 7.04. The topological polar surface area (TPSA) is 6.48 Å². The number of benzene rings is 8. The first-order chi connectivity index (χ1) is 27.9. The second-order valence-corrected chi connectivity index (χ2v) is 20.7. The van der Waals surface area contributed by atoms with Gasteiger partial charge in [0.05, 0.1) is 0 Å².